The number of aryl methyl sites for hydroxylation is 1. The van der Waals surface area contributed by atoms with E-state index in [0.717, 1.165) is 6.07 Å². The van der Waals surface area contributed by atoms with Crippen molar-refractivity contribution in [2.24, 2.45) is 7.05 Å². The van der Waals surface area contributed by atoms with E-state index in [-0.39, 0.29) is 33.1 Å². The van der Waals surface area contributed by atoms with E-state index in [9.17, 15) is 14.0 Å². The molecule has 4 aromatic rings. The van der Waals surface area contributed by atoms with Gasteiger partial charge in [0.15, 0.2) is 0 Å². The van der Waals surface area contributed by atoms with Gasteiger partial charge in [-0.25, -0.2) is 19.2 Å². The van der Waals surface area contributed by atoms with Crippen molar-refractivity contribution in [3.05, 3.63) is 57.7 Å². The summed E-state index contributed by atoms with van der Waals surface area (Å²) < 4.78 is 21.5. The molecule has 1 aromatic carbocycles. The molecule has 0 saturated heterocycles. The number of aromatic nitrogens is 4. The number of urea groups is 1. The number of nitrogens with zero attached hydrogens (tertiary/aromatic N) is 4. The van der Waals surface area contributed by atoms with Crippen molar-refractivity contribution in [1.29, 1.82) is 0 Å². The molecule has 0 aliphatic carbocycles. The molecule has 0 spiro atoms. The lowest BCUT2D eigenvalue weighted by Crippen LogP contribution is -2.21. The van der Waals surface area contributed by atoms with E-state index in [1.807, 2.05) is 20.8 Å². The summed E-state index contributed by atoms with van der Waals surface area (Å²) in [7, 11) is 3.23. The van der Waals surface area contributed by atoms with Gasteiger partial charge in [0.05, 0.1) is 16.9 Å². The normalized spacial score (nSPS) is 11.5. The monoisotopic (exact) mass is 499 g/mol. The molecule has 0 atom stereocenters. The number of amides is 2. The molecule has 2 amide bonds. The SMILES string of the molecule is CNc1ncc2cc(-c3cc(NC(=O)Nc4cnc(C(C)(C)C)o4)c(F)cc3Cl)c(=O)n(C)c2n1. The Hall–Kier alpha value is -3.99. The van der Waals surface area contributed by atoms with Crippen LogP contribution in [0.4, 0.5) is 26.7 Å². The highest BCUT2D eigenvalue weighted by Gasteiger charge is 2.21. The number of benzene rings is 1. The first kappa shape index (κ1) is 24.1. The van der Waals surface area contributed by atoms with Crippen LogP contribution in [0.15, 0.2) is 39.8 Å². The molecule has 3 N–H and O–H groups in total. The quantitative estimate of drug-likeness (QED) is 0.369. The van der Waals surface area contributed by atoms with Crippen LogP contribution in [0.1, 0.15) is 26.7 Å². The Bertz CT molecular complexity index is 1510. The van der Waals surface area contributed by atoms with Gasteiger partial charge in [0, 0.05) is 42.2 Å². The maximum atomic E-state index is 14.6. The fourth-order valence-corrected chi connectivity index (χ4v) is 3.61. The third-order valence-corrected chi connectivity index (χ3v) is 5.46. The van der Waals surface area contributed by atoms with Crippen LogP contribution in [0.2, 0.25) is 5.02 Å². The number of hydrogen-bond donors (Lipinski definition) is 3. The van der Waals surface area contributed by atoms with Crippen LogP contribution in [0, 0.1) is 5.82 Å². The van der Waals surface area contributed by atoms with Crippen molar-refractivity contribution in [2.75, 3.05) is 23.0 Å². The summed E-state index contributed by atoms with van der Waals surface area (Å²) in [6.07, 6.45) is 2.93. The van der Waals surface area contributed by atoms with E-state index in [1.165, 1.54) is 16.8 Å². The van der Waals surface area contributed by atoms with E-state index in [2.05, 4.69) is 30.9 Å². The van der Waals surface area contributed by atoms with Crippen molar-refractivity contribution < 1.29 is 13.6 Å². The molecule has 0 aliphatic rings. The Morgan fingerprint density at radius 2 is 1.86 bits per heavy atom. The number of pyridine rings is 1. The molecule has 0 unspecified atom stereocenters. The van der Waals surface area contributed by atoms with Gasteiger partial charge in [-0.3, -0.25) is 14.7 Å². The Labute approximate surface area is 204 Å². The van der Waals surface area contributed by atoms with Gasteiger partial charge in [-0.15, -0.1) is 0 Å². The van der Waals surface area contributed by atoms with Gasteiger partial charge in [-0.2, -0.15) is 4.98 Å². The first-order chi connectivity index (χ1) is 16.5. The average Bonchev–Trinajstić information content (AvgIpc) is 3.27. The number of hydrogen-bond acceptors (Lipinski definition) is 7. The lowest BCUT2D eigenvalue weighted by atomic mass is 9.97. The van der Waals surface area contributed by atoms with Crippen LogP contribution in [0.3, 0.4) is 0 Å². The van der Waals surface area contributed by atoms with Gasteiger partial charge in [-0.1, -0.05) is 32.4 Å². The van der Waals surface area contributed by atoms with Crippen LogP contribution < -0.4 is 21.5 Å². The van der Waals surface area contributed by atoms with Crippen molar-refractivity contribution in [3.8, 4) is 11.1 Å². The largest absolute Gasteiger partial charge is 0.424 e. The highest BCUT2D eigenvalue weighted by atomic mass is 35.5. The van der Waals surface area contributed by atoms with Crippen LogP contribution >= 0.6 is 11.6 Å². The molecule has 0 aliphatic heterocycles. The third kappa shape index (κ3) is 4.80. The molecule has 0 bridgehead atoms. The molecule has 0 saturated carbocycles. The zero-order valence-corrected chi connectivity index (χ0v) is 20.4. The summed E-state index contributed by atoms with van der Waals surface area (Å²) in [5, 5.41) is 8.29. The zero-order chi connectivity index (χ0) is 25.5. The van der Waals surface area contributed by atoms with Gasteiger partial charge in [0.2, 0.25) is 17.7 Å². The topological polar surface area (TPSA) is 127 Å². The minimum Gasteiger partial charge on any atom is -0.424 e. The van der Waals surface area contributed by atoms with E-state index >= 15 is 0 Å². The Balaban J connectivity index is 1.67. The molecular weight excluding hydrogens is 477 g/mol. The van der Waals surface area contributed by atoms with E-state index < -0.39 is 17.4 Å². The molecule has 4 rings (SSSR count). The molecule has 182 valence electrons. The summed E-state index contributed by atoms with van der Waals surface area (Å²) in [5.74, 6) is 0.123. The summed E-state index contributed by atoms with van der Waals surface area (Å²) in [4.78, 5) is 38.2. The Morgan fingerprint density at radius 1 is 1.11 bits per heavy atom. The van der Waals surface area contributed by atoms with Crippen molar-refractivity contribution >= 4 is 46.2 Å². The number of anilines is 3. The molecule has 3 heterocycles. The zero-order valence-electron chi connectivity index (χ0n) is 19.7. The minimum absolute atomic E-state index is 0.00252. The highest BCUT2D eigenvalue weighted by molar-refractivity contribution is 6.33. The fourth-order valence-electron chi connectivity index (χ4n) is 3.36. The Morgan fingerprint density at radius 3 is 2.51 bits per heavy atom. The number of carbonyl (C=O) groups is 1. The van der Waals surface area contributed by atoms with E-state index in [0.29, 0.717) is 22.9 Å². The lowest BCUT2D eigenvalue weighted by molar-refractivity contribution is 0.261. The van der Waals surface area contributed by atoms with Gasteiger partial charge in [-0.05, 0) is 18.2 Å². The van der Waals surface area contributed by atoms with Crippen molar-refractivity contribution in [3.63, 3.8) is 0 Å². The summed E-state index contributed by atoms with van der Waals surface area (Å²) in [6.45, 7) is 5.74. The average molecular weight is 500 g/mol. The molecule has 12 heteroatoms. The first-order valence-corrected chi connectivity index (χ1v) is 10.9. The number of halogens is 2. The second-order valence-corrected chi connectivity index (χ2v) is 9.22. The number of nitrogens with one attached hydrogen (secondary N) is 3. The summed E-state index contributed by atoms with van der Waals surface area (Å²) in [5.41, 5.74) is -0.0903. The maximum absolute atomic E-state index is 14.6. The van der Waals surface area contributed by atoms with Crippen molar-refractivity contribution in [2.45, 2.75) is 26.2 Å². The molecule has 35 heavy (non-hydrogen) atoms. The molecule has 10 nitrogen and oxygen atoms in total. The molecule has 0 fully saturated rings. The Kier molecular flexibility index (Phi) is 6.20. The van der Waals surface area contributed by atoms with Gasteiger partial charge >= 0.3 is 6.03 Å². The predicted molar refractivity (Wildman–Crippen MR) is 133 cm³/mol. The summed E-state index contributed by atoms with van der Waals surface area (Å²) in [6, 6.07) is 3.14. The third-order valence-electron chi connectivity index (χ3n) is 5.15. The fraction of sp³-hybridized carbons (Fsp3) is 0.261. The van der Waals surface area contributed by atoms with E-state index in [4.69, 9.17) is 16.0 Å². The van der Waals surface area contributed by atoms with Gasteiger partial charge in [0.1, 0.15) is 11.5 Å². The number of rotatable bonds is 4. The van der Waals surface area contributed by atoms with Crippen LogP contribution in [0.5, 0.6) is 0 Å². The number of carbonyl (C=O) groups excluding carboxylic acids is 1. The number of fused-ring (bicyclic) bond motifs is 1. The van der Waals surface area contributed by atoms with Gasteiger partial charge < -0.3 is 15.1 Å². The standard InChI is InChI=1S/C23H23ClFN7O3/c1-23(2,3)20-27-10-17(35-20)30-22(34)29-16-7-12(14(24)8-15(16)25)13-6-11-9-28-21(26-4)31-18(11)32(5)19(13)33/h6-10H,1-5H3,(H,26,28,31)(H2,29,30,34). The number of oxazole rings is 1. The maximum Gasteiger partial charge on any atom is 0.326 e. The molecular formula is C23H23ClFN7O3. The van der Waals surface area contributed by atoms with Gasteiger partial charge in [0.25, 0.3) is 5.56 Å². The van der Waals surface area contributed by atoms with Crippen LogP contribution in [0.25, 0.3) is 22.2 Å². The van der Waals surface area contributed by atoms with E-state index in [1.54, 1.807) is 26.4 Å². The molecule has 3 aromatic heterocycles. The molecule has 0 radical (unpaired) electrons. The first-order valence-electron chi connectivity index (χ1n) is 10.6. The smallest absolute Gasteiger partial charge is 0.326 e. The van der Waals surface area contributed by atoms with Crippen LogP contribution in [-0.2, 0) is 12.5 Å². The summed E-state index contributed by atoms with van der Waals surface area (Å²) >= 11 is 6.29. The van der Waals surface area contributed by atoms with Crippen molar-refractivity contribution in [1.82, 2.24) is 19.5 Å². The second-order valence-electron chi connectivity index (χ2n) is 8.82. The highest BCUT2D eigenvalue weighted by Crippen LogP contribution is 2.32. The predicted octanol–water partition coefficient (Wildman–Crippen LogP) is 4.76. The lowest BCUT2D eigenvalue weighted by Gasteiger charge is -2.13. The minimum atomic E-state index is -0.776. The second kappa shape index (κ2) is 8.99. The van der Waals surface area contributed by atoms with Crippen LogP contribution in [-0.4, -0.2) is 32.6 Å².